The van der Waals surface area contributed by atoms with Gasteiger partial charge in [0.2, 0.25) is 5.91 Å². The number of aromatic amines is 1. The van der Waals surface area contributed by atoms with Gasteiger partial charge >= 0.3 is 6.18 Å². The van der Waals surface area contributed by atoms with E-state index >= 15 is 0 Å². The van der Waals surface area contributed by atoms with Crippen molar-refractivity contribution in [1.29, 1.82) is 0 Å². The second-order valence-corrected chi connectivity index (χ2v) is 7.23. The van der Waals surface area contributed by atoms with Crippen molar-refractivity contribution in [3.05, 3.63) is 17.7 Å². The smallest absolute Gasteiger partial charge is 0.375 e. The lowest BCUT2D eigenvalue weighted by Gasteiger charge is -2.50. The molecule has 2 aliphatic heterocycles. The second kappa shape index (κ2) is 7.19. The summed E-state index contributed by atoms with van der Waals surface area (Å²) in [6, 6.07) is 0. The lowest BCUT2D eigenvalue weighted by molar-refractivity contribution is -0.175. The molecule has 9 heteroatoms. The molecule has 0 radical (unpaired) electrons. The highest BCUT2D eigenvalue weighted by molar-refractivity contribution is 5.79. The van der Waals surface area contributed by atoms with Crippen LogP contribution in [0.25, 0.3) is 0 Å². The molecular weight excluding hydrogens is 349 g/mol. The summed E-state index contributed by atoms with van der Waals surface area (Å²) in [5, 5.41) is 0. The fraction of sp³-hybridized carbons (Fsp3) is 0.765. The summed E-state index contributed by atoms with van der Waals surface area (Å²) in [5.41, 5.74) is 1.32. The Morgan fingerprint density at radius 2 is 2.08 bits per heavy atom. The molecule has 0 unspecified atom stereocenters. The van der Waals surface area contributed by atoms with E-state index in [0.29, 0.717) is 38.9 Å². The SMILES string of the molecule is COCC(=O)N1CCc2[nH]cnc2C12CCN(C[C@H](C)C(F)(F)F)CC2. The van der Waals surface area contributed by atoms with Gasteiger partial charge in [0.1, 0.15) is 6.61 Å². The van der Waals surface area contributed by atoms with Crippen LogP contribution in [0.15, 0.2) is 6.33 Å². The molecule has 0 aromatic carbocycles. The number of hydrogen-bond donors (Lipinski definition) is 1. The van der Waals surface area contributed by atoms with Gasteiger partial charge in [-0.1, -0.05) is 6.92 Å². The Labute approximate surface area is 150 Å². The zero-order valence-corrected chi connectivity index (χ0v) is 15.1. The molecule has 3 rings (SSSR count). The normalized spacial score (nSPS) is 21.7. The Bertz CT molecular complexity index is 638. The number of carbonyl (C=O) groups excluding carboxylic acids is 1. The molecule has 0 aliphatic carbocycles. The van der Waals surface area contributed by atoms with E-state index in [1.807, 2.05) is 9.80 Å². The van der Waals surface area contributed by atoms with Crippen LogP contribution >= 0.6 is 0 Å². The summed E-state index contributed by atoms with van der Waals surface area (Å²) in [4.78, 5) is 23.9. The van der Waals surface area contributed by atoms with Crippen molar-refractivity contribution in [2.45, 2.75) is 37.9 Å². The topological polar surface area (TPSA) is 61.5 Å². The lowest BCUT2D eigenvalue weighted by Crippen LogP contribution is -2.59. The second-order valence-electron chi connectivity index (χ2n) is 7.23. The number of hydrogen-bond acceptors (Lipinski definition) is 4. The third-order valence-corrected chi connectivity index (χ3v) is 5.60. The molecule has 1 aromatic heterocycles. The summed E-state index contributed by atoms with van der Waals surface area (Å²) in [6.45, 7) is 2.77. The molecule has 146 valence electrons. The van der Waals surface area contributed by atoms with Gasteiger partial charge in [0.15, 0.2) is 0 Å². The van der Waals surface area contributed by atoms with Crippen molar-refractivity contribution in [3.8, 4) is 0 Å². The summed E-state index contributed by atoms with van der Waals surface area (Å²) in [7, 11) is 1.48. The largest absolute Gasteiger partial charge is 0.392 e. The first kappa shape index (κ1) is 19.2. The number of fused-ring (bicyclic) bond motifs is 2. The number of rotatable bonds is 4. The molecule has 0 saturated carbocycles. The van der Waals surface area contributed by atoms with Crippen LogP contribution in [-0.2, 0) is 21.5 Å². The van der Waals surface area contributed by atoms with Gasteiger partial charge in [0, 0.05) is 45.4 Å². The first-order chi connectivity index (χ1) is 12.3. The molecule has 6 nitrogen and oxygen atoms in total. The van der Waals surface area contributed by atoms with Crippen LogP contribution in [0.3, 0.4) is 0 Å². The van der Waals surface area contributed by atoms with Crippen molar-refractivity contribution in [2.75, 3.05) is 39.9 Å². The van der Waals surface area contributed by atoms with Crippen molar-refractivity contribution in [1.82, 2.24) is 19.8 Å². The Balaban J connectivity index is 1.78. The average molecular weight is 374 g/mol. The molecule has 1 N–H and O–H groups in total. The number of ether oxygens (including phenoxy) is 1. The van der Waals surface area contributed by atoms with Crippen LogP contribution in [0.2, 0.25) is 0 Å². The van der Waals surface area contributed by atoms with Gasteiger partial charge in [0.25, 0.3) is 0 Å². The first-order valence-corrected chi connectivity index (χ1v) is 8.89. The van der Waals surface area contributed by atoms with E-state index in [0.717, 1.165) is 11.4 Å². The Kier molecular flexibility index (Phi) is 5.30. The molecule has 1 amide bonds. The van der Waals surface area contributed by atoms with Crippen LogP contribution in [0.5, 0.6) is 0 Å². The molecule has 1 saturated heterocycles. The number of nitrogens with one attached hydrogen (secondary N) is 1. The summed E-state index contributed by atoms with van der Waals surface area (Å²) in [6.07, 6.45) is -0.707. The van der Waals surface area contributed by atoms with Gasteiger partial charge in [-0.2, -0.15) is 13.2 Å². The molecule has 0 bridgehead atoms. The number of alkyl halides is 3. The molecular formula is C17H25F3N4O2. The first-order valence-electron chi connectivity index (χ1n) is 8.89. The number of nitrogens with zero attached hydrogens (tertiary/aromatic N) is 3. The molecule has 2 aliphatic rings. The fourth-order valence-corrected chi connectivity index (χ4v) is 4.15. The Hall–Kier alpha value is -1.61. The predicted molar refractivity (Wildman–Crippen MR) is 88.5 cm³/mol. The van der Waals surface area contributed by atoms with Gasteiger partial charge in [0.05, 0.1) is 23.5 Å². The monoisotopic (exact) mass is 374 g/mol. The number of halogens is 3. The minimum atomic E-state index is -4.18. The number of carbonyl (C=O) groups is 1. The lowest BCUT2D eigenvalue weighted by atomic mass is 9.78. The van der Waals surface area contributed by atoms with Gasteiger partial charge in [-0.25, -0.2) is 4.98 Å². The highest BCUT2D eigenvalue weighted by atomic mass is 19.4. The number of aromatic nitrogens is 2. The van der Waals surface area contributed by atoms with E-state index in [9.17, 15) is 18.0 Å². The number of imidazole rings is 1. The quantitative estimate of drug-likeness (QED) is 0.875. The van der Waals surface area contributed by atoms with E-state index < -0.39 is 17.6 Å². The maximum absolute atomic E-state index is 12.9. The zero-order valence-electron chi connectivity index (χ0n) is 15.1. The minimum Gasteiger partial charge on any atom is -0.375 e. The highest BCUT2D eigenvalue weighted by Gasteiger charge is 2.49. The molecule has 26 heavy (non-hydrogen) atoms. The van der Waals surface area contributed by atoms with Crippen LogP contribution in [0.4, 0.5) is 13.2 Å². The third kappa shape index (κ3) is 3.46. The molecule has 1 aromatic rings. The third-order valence-electron chi connectivity index (χ3n) is 5.60. The van der Waals surface area contributed by atoms with Crippen molar-refractivity contribution in [3.63, 3.8) is 0 Å². The fourth-order valence-electron chi connectivity index (χ4n) is 4.15. The van der Waals surface area contributed by atoms with E-state index in [1.54, 1.807) is 6.33 Å². The maximum atomic E-state index is 12.9. The summed E-state index contributed by atoms with van der Waals surface area (Å²) in [5.74, 6) is -1.46. The van der Waals surface area contributed by atoms with Crippen LogP contribution in [0.1, 0.15) is 31.2 Å². The van der Waals surface area contributed by atoms with Crippen molar-refractivity contribution >= 4 is 5.91 Å². The van der Waals surface area contributed by atoms with Crippen molar-refractivity contribution < 1.29 is 22.7 Å². The van der Waals surface area contributed by atoms with Crippen LogP contribution < -0.4 is 0 Å². The van der Waals surface area contributed by atoms with Gasteiger partial charge in [-0.05, 0) is 12.8 Å². The zero-order chi connectivity index (χ0) is 18.9. The van der Waals surface area contributed by atoms with Crippen molar-refractivity contribution in [2.24, 2.45) is 5.92 Å². The number of amides is 1. The minimum absolute atomic E-state index is 0.00364. The molecule has 1 spiro atoms. The van der Waals surface area contributed by atoms with Gasteiger partial charge < -0.3 is 19.5 Å². The Morgan fingerprint density at radius 3 is 2.69 bits per heavy atom. The summed E-state index contributed by atoms with van der Waals surface area (Å²) >= 11 is 0. The highest BCUT2D eigenvalue weighted by Crippen LogP contribution is 2.42. The van der Waals surface area contributed by atoms with E-state index in [1.165, 1.54) is 14.0 Å². The van der Waals surface area contributed by atoms with E-state index in [-0.39, 0.29) is 19.1 Å². The van der Waals surface area contributed by atoms with E-state index in [2.05, 4.69) is 9.97 Å². The Morgan fingerprint density at radius 1 is 1.38 bits per heavy atom. The van der Waals surface area contributed by atoms with Gasteiger partial charge in [-0.15, -0.1) is 0 Å². The number of piperidine rings is 1. The molecule has 1 atom stereocenters. The standard InChI is InChI=1S/C17H25F3N4O2/c1-12(17(18,19)20)9-23-7-4-16(5-8-23)15-13(21-11-22-15)3-6-24(16)14(25)10-26-2/h11-12H,3-10H2,1-2H3,(H,21,22)/t12-/m0/s1. The number of methoxy groups -OCH3 is 1. The maximum Gasteiger partial charge on any atom is 0.392 e. The van der Waals surface area contributed by atoms with Crippen LogP contribution in [-0.4, -0.2) is 71.7 Å². The number of H-pyrrole nitrogens is 1. The average Bonchev–Trinajstić information content (AvgIpc) is 3.06. The van der Waals surface area contributed by atoms with E-state index in [4.69, 9.17) is 4.74 Å². The predicted octanol–water partition coefficient (Wildman–Crippen LogP) is 1.93. The molecule has 3 heterocycles. The number of likely N-dealkylation sites (tertiary alicyclic amines) is 1. The van der Waals surface area contributed by atoms with Crippen LogP contribution in [0, 0.1) is 5.92 Å². The summed E-state index contributed by atoms with van der Waals surface area (Å²) < 4.78 is 43.6. The van der Waals surface area contributed by atoms with Gasteiger partial charge in [-0.3, -0.25) is 4.79 Å². The molecule has 1 fully saturated rings.